The molecule has 0 fully saturated rings. The Morgan fingerprint density at radius 3 is 0.683 bits per heavy atom. The number of rotatable bonds is 4. The molecule has 0 saturated carbocycles. The zero-order chi connectivity index (χ0) is 42.7. The summed E-state index contributed by atoms with van der Waals surface area (Å²) in [5, 5.41) is 33.5. The summed E-state index contributed by atoms with van der Waals surface area (Å²) in [5.74, 6) is -3.52. The van der Waals surface area contributed by atoms with Gasteiger partial charge in [0.05, 0.1) is 45.0 Å². The number of hydrogen-bond donors (Lipinski definition) is 6. The van der Waals surface area contributed by atoms with Crippen LogP contribution in [0.3, 0.4) is 0 Å². The molecule has 0 unspecified atom stereocenters. The lowest BCUT2D eigenvalue weighted by molar-refractivity contribution is 0.0686. The number of fused-ring (bicyclic) bond motifs is 8. The van der Waals surface area contributed by atoms with E-state index in [-0.39, 0.29) is 0 Å². The van der Waals surface area contributed by atoms with Gasteiger partial charge in [-0.2, -0.15) is 0 Å². The zero-order valence-corrected chi connectivity index (χ0v) is 31.8. The van der Waals surface area contributed by atoms with E-state index in [1.807, 2.05) is 48.6 Å². The number of carbonyl (C=O) groups is 4. The van der Waals surface area contributed by atoms with Gasteiger partial charge in [-0.05, 0) is 121 Å². The maximum atomic E-state index is 10.2. The summed E-state index contributed by atoms with van der Waals surface area (Å²) in [6.45, 7) is 0. The first kappa shape index (κ1) is 42.5. The first-order valence-corrected chi connectivity index (χ1v) is 18.2. The van der Waals surface area contributed by atoms with Crippen molar-refractivity contribution in [2.45, 2.75) is 0 Å². The van der Waals surface area contributed by atoms with Gasteiger partial charge in [0.15, 0.2) is 0 Å². The van der Waals surface area contributed by atoms with E-state index in [4.69, 9.17) is 20.4 Å². The van der Waals surface area contributed by atoms with E-state index in [1.165, 1.54) is 0 Å². The third-order valence-corrected chi connectivity index (χ3v) is 8.12. The molecular formula is C48H38N4O8. The number of aromatic amines is 2. The van der Waals surface area contributed by atoms with Crippen LogP contribution in [0.1, 0.15) is 64.2 Å². The predicted octanol–water partition coefficient (Wildman–Crippen LogP) is 10.2. The maximum absolute atomic E-state index is 10.2. The molecule has 12 heteroatoms. The molecular weight excluding hydrogens is 761 g/mol. The highest BCUT2D eigenvalue weighted by Crippen LogP contribution is 2.17. The molecule has 60 heavy (non-hydrogen) atoms. The van der Waals surface area contributed by atoms with Crippen molar-refractivity contribution in [3.8, 4) is 0 Å². The fourth-order valence-electron chi connectivity index (χ4n) is 5.27. The molecule has 2 aliphatic rings. The Morgan fingerprint density at radius 2 is 0.517 bits per heavy atom. The Labute approximate surface area is 343 Å². The Morgan fingerprint density at radius 1 is 0.317 bits per heavy atom. The molecule has 0 radical (unpaired) electrons. The first-order chi connectivity index (χ1) is 29.0. The third-order valence-electron chi connectivity index (χ3n) is 8.12. The molecule has 4 aromatic carbocycles. The highest BCUT2D eigenvalue weighted by atomic mass is 16.4. The minimum atomic E-state index is -0.879. The molecule has 6 N–H and O–H groups in total. The van der Waals surface area contributed by atoms with Crippen molar-refractivity contribution in [2.75, 3.05) is 0 Å². The van der Waals surface area contributed by atoms with Gasteiger partial charge < -0.3 is 30.4 Å². The quantitative estimate of drug-likeness (QED) is 0.0993. The van der Waals surface area contributed by atoms with Crippen LogP contribution >= 0.6 is 0 Å². The van der Waals surface area contributed by atoms with E-state index in [9.17, 15) is 19.2 Å². The number of nitrogens with zero attached hydrogens (tertiary/aromatic N) is 2. The molecule has 0 saturated heterocycles. The summed E-state index contributed by atoms with van der Waals surface area (Å²) in [5.41, 5.74) is 9.18. The molecule has 0 aliphatic carbocycles. The average molecular weight is 799 g/mol. The summed E-state index contributed by atoms with van der Waals surface area (Å²) in [6, 6.07) is 49.5. The van der Waals surface area contributed by atoms with E-state index < -0.39 is 23.9 Å². The molecule has 0 amide bonds. The van der Waals surface area contributed by atoms with Crippen LogP contribution in [0.2, 0.25) is 0 Å². The van der Waals surface area contributed by atoms with Gasteiger partial charge in [0.1, 0.15) is 0 Å². The number of carboxylic acid groups (broad SMARTS) is 4. The van der Waals surface area contributed by atoms with E-state index in [2.05, 4.69) is 44.2 Å². The normalized spacial score (nSPS) is 10.4. The molecule has 12 nitrogen and oxygen atoms in total. The maximum Gasteiger partial charge on any atom is 0.335 e. The van der Waals surface area contributed by atoms with Crippen molar-refractivity contribution >= 4 is 70.2 Å². The Balaban J connectivity index is 0.000000158. The van der Waals surface area contributed by atoms with Crippen LogP contribution in [0, 0.1) is 0 Å². The van der Waals surface area contributed by atoms with Crippen molar-refractivity contribution in [3.05, 3.63) is 215 Å². The van der Waals surface area contributed by atoms with Gasteiger partial charge in [0, 0.05) is 22.1 Å². The highest BCUT2D eigenvalue weighted by molar-refractivity contribution is 5.88. The van der Waals surface area contributed by atoms with Gasteiger partial charge >= 0.3 is 23.9 Å². The SMILES string of the molecule is C1=Cc2cc3ccc(cc4nc(cc5ccc(cc1n2)[nH]5)C=C4)[nH]3.O=C(O)c1ccccc1.O=C(O)c1ccccc1.O=C(O)c1ccccc1.O=C(O)c1ccccc1. The first-order valence-electron chi connectivity index (χ1n) is 18.2. The second-order valence-corrected chi connectivity index (χ2v) is 12.6. The Kier molecular flexibility index (Phi) is 15.3. The summed E-state index contributed by atoms with van der Waals surface area (Å²) in [7, 11) is 0. The van der Waals surface area contributed by atoms with Crippen molar-refractivity contribution in [1.29, 1.82) is 0 Å². The lowest BCUT2D eigenvalue weighted by Gasteiger charge is -1.88. The van der Waals surface area contributed by atoms with Crippen molar-refractivity contribution < 1.29 is 39.6 Å². The zero-order valence-electron chi connectivity index (χ0n) is 31.8. The number of aromatic nitrogens is 4. The van der Waals surface area contributed by atoms with Crippen LogP contribution < -0.4 is 0 Å². The molecule has 298 valence electrons. The monoisotopic (exact) mass is 798 g/mol. The summed E-state index contributed by atoms with van der Waals surface area (Å²) in [4.78, 5) is 56.8. The second kappa shape index (κ2) is 21.6. The second-order valence-electron chi connectivity index (χ2n) is 12.6. The number of benzene rings is 4. The fourth-order valence-corrected chi connectivity index (χ4v) is 5.27. The Bertz CT molecular complexity index is 2390. The number of hydrogen-bond acceptors (Lipinski definition) is 6. The minimum Gasteiger partial charge on any atom is -0.478 e. The third kappa shape index (κ3) is 13.8. The number of aromatic carboxylic acids is 4. The van der Waals surface area contributed by atoms with Crippen molar-refractivity contribution in [3.63, 3.8) is 0 Å². The molecule has 0 atom stereocenters. The molecule has 2 aliphatic heterocycles. The molecule has 7 aromatic rings. The molecule has 8 bridgehead atoms. The molecule has 0 spiro atoms. The van der Waals surface area contributed by atoms with E-state index in [1.54, 1.807) is 121 Å². The van der Waals surface area contributed by atoms with Gasteiger partial charge in [0.2, 0.25) is 0 Å². The van der Waals surface area contributed by atoms with Crippen LogP contribution in [0.25, 0.3) is 46.4 Å². The summed E-state index contributed by atoms with van der Waals surface area (Å²) < 4.78 is 0. The van der Waals surface area contributed by atoms with E-state index in [0.29, 0.717) is 22.3 Å². The molecule has 3 aromatic heterocycles. The van der Waals surface area contributed by atoms with Gasteiger partial charge in [-0.15, -0.1) is 0 Å². The van der Waals surface area contributed by atoms with Crippen molar-refractivity contribution in [1.82, 2.24) is 19.9 Å². The van der Waals surface area contributed by atoms with Crippen LogP contribution in [-0.4, -0.2) is 64.2 Å². The van der Waals surface area contributed by atoms with Crippen LogP contribution in [0.5, 0.6) is 0 Å². The standard InChI is InChI=1S/C20H14N4.4C7H6O2/c1-2-14-10-16-5-6-18(23-16)12-20-8-7-19(24-20)11-17-4-3-15(22-17)9-13(1)21-14;4*8-7(9)6-4-2-1-3-5-6/h1-12,21,24H;4*1-5H,(H,8,9). The van der Waals surface area contributed by atoms with Crippen molar-refractivity contribution in [2.24, 2.45) is 0 Å². The van der Waals surface area contributed by atoms with Crippen LogP contribution in [0.15, 0.2) is 170 Å². The summed E-state index contributed by atoms with van der Waals surface area (Å²) >= 11 is 0. The number of carboxylic acids is 4. The number of nitrogens with one attached hydrogen (secondary N) is 2. The minimum absolute atomic E-state index is 0.331. The molecule has 9 rings (SSSR count). The topological polar surface area (TPSA) is 207 Å². The smallest absolute Gasteiger partial charge is 0.335 e. The molecule has 5 heterocycles. The van der Waals surface area contributed by atoms with Gasteiger partial charge in [0.25, 0.3) is 0 Å². The van der Waals surface area contributed by atoms with Crippen LogP contribution in [0.4, 0.5) is 0 Å². The van der Waals surface area contributed by atoms with Crippen LogP contribution in [-0.2, 0) is 0 Å². The lowest BCUT2D eigenvalue weighted by Crippen LogP contribution is -1.93. The Hall–Kier alpha value is -8.64. The average Bonchev–Trinajstić information content (AvgIpc) is 4.11. The van der Waals surface area contributed by atoms with E-state index >= 15 is 0 Å². The number of H-pyrrole nitrogens is 2. The van der Waals surface area contributed by atoms with E-state index in [0.717, 1.165) is 44.8 Å². The largest absolute Gasteiger partial charge is 0.478 e. The van der Waals surface area contributed by atoms with Gasteiger partial charge in [-0.3, -0.25) is 0 Å². The van der Waals surface area contributed by atoms with Gasteiger partial charge in [-0.25, -0.2) is 29.1 Å². The highest BCUT2D eigenvalue weighted by Gasteiger charge is 2.02. The lowest BCUT2D eigenvalue weighted by atomic mass is 10.2. The summed E-state index contributed by atoms with van der Waals surface area (Å²) in [6.07, 6.45) is 8.09. The van der Waals surface area contributed by atoms with Gasteiger partial charge in [-0.1, -0.05) is 72.8 Å². The fraction of sp³-hybridized carbons (Fsp3) is 0. The predicted molar refractivity (Wildman–Crippen MR) is 232 cm³/mol.